The standard InChI is InChI=1S/C27H28N4O3/c1-27(2,31-17-20(32)18-33-25-8-4-6-23-22(25)13-15-29-23)16-19-9-11-21(12-10-19)34-26-24(28-3)7-5-14-30-26/h4-15,20,29,31-32H,16-18H2,1-2H3/t20-/m0/s1. The van der Waals surface area contributed by atoms with Crippen molar-refractivity contribution in [1.29, 1.82) is 0 Å². The maximum atomic E-state index is 10.4. The fraction of sp³-hybridized carbons (Fsp3) is 0.259. The second-order valence-corrected chi connectivity index (χ2v) is 8.79. The number of nitrogens with one attached hydrogen (secondary N) is 2. The number of hydrogen-bond donors (Lipinski definition) is 3. The molecule has 174 valence electrons. The molecule has 34 heavy (non-hydrogen) atoms. The number of aromatic nitrogens is 2. The summed E-state index contributed by atoms with van der Waals surface area (Å²) in [5.41, 5.74) is 2.28. The van der Waals surface area contributed by atoms with E-state index in [1.54, 1.807) is 18.3 Å². The average Bonchev–Trinajstić information content (AvgIpc) is 3.32. The summed E-state index contributed by atoms with van der Waals surface area (Å²) in [6.07, 6.45) is 3.60. The number of rotatable bonds is 10. The van der Waals surface area contributed by atoms with Crippen LogP contribution in [0, 0.1) is 6.57 Å². The molecule has 0 aliphatic rings. The molecule has 7 nitrogen and oxygen atoms in total. The van der Waals surface area contributed by atoms with E-state index in [0.29, 0.717) is 23.9 Å². The van der Waals surface area contributed by atoms with E-state index in [1.807, 2.05) is 54.7 Å². The Kier molecular flexibility index (Phi) is 7.12. The van der Waals surface area contributed by atoms with E-state index in [0.717, 1.165) is 28.6 Å². The van der Waals surface area contributed by atoms with Gasteiger partial charge in [0.05, 0.1) is 6.57 Å². The molecule has 0 amide bonds. The van der Waals surface area contributed by atoms with Crippen molar-refractivity contribution in [3.05, 3.63) is 90.0 Å². The Labute approximate surface area is 199 Å². The number of aromatic amines is 1. The van der Waals surface area contributed by atoms with Crippen molar-refractivity contribution in [2.75, 3.05) is 13.2 Å². The first-order valence-corrected chi connectivity index (χ1v) is 11.1. The van der Waals surface area contributed by atoms with E-state index in [9.17, 15) is 5.11 Å². The second-order valence-electron chi connectivity index (χ2n) is 8.79. The van der Waals surface area contributed by atoms with E-state index in [4.69, 9.17) is 16.0 Å². The summed E-state index contributed by atoms with van der Waals surface area (Å²) in [6, 6.07) is 18.9. The van der Waals surface area contributed by atoms with Gasteiger partial charge in [0.1, 0.15) is 24.2 Å². The average molecular weight is 457 g/mol. The van der Waals surface area contributed by atoms with Gasteiger partial charge in [-0.2, -0.15) is 0 Å². The van der Waals surface area contributed by atoms with E-state index in [1.165, 1.54) is 0 Å². The lowest BCUT2D eigenvalue weighted by Gasteiger charge is -2.28. The van der Waals surface area contributed by atoms with Gasteiger partial charge in [-0.3, -0.25) is 0 Å². The summed E-state index contributed by atoms with van der Waals surface area (Å²) < 4.78 is 11.6. The number of aliphatic hydroxyl groups is 1. The molecule has 4 rings (SSSR count). The number of pyridine rings is 1. The molecular weight excluding hydrogens is 428 g/mol. The van der Waals surface area contributed by atoms with Crippen LogP contribution in [0.25, 0.3) is 15.7 Å². The fourth-order valence-corrected chi connectivity index (χ4v) is 3.73. The maximum Gasteiger partial charge on any atom is 0.247 e. The molecule has 1 atom stereocenters. The highest BCUT2D eigenvalue weighted by molar-refractivity contribution is 5.85. The number of aliphatic hydroxyl groups excluding tert-OH is 1. The van der Waals surface area contributed by atoms with Gasteiger partial charge in [-0.25, -0.2) is 9.83 Å². The van der Waals surface area contributed by atoms with Gasteiger partial charge in [0, 0.05) is 35.4 Å². The fourth-order valence-electron chi connectivity index (χ4n) is 3.73. The SMILES string of the molecule is [C-]#[N+]c1cccnc1Oc1ccc(CC(C)(C)NC[C@H](O)COc2cccc3[nH]ccc23)cc1. The Balaban J connectivity index is 1.27. The topological polar surface area (TPSA) is 83.8 Å². The van der Waals surface area contributed by atoms with Crippen LogP contribution in [0.3, 0.4) is 0 Å². The van der Waals surface area contributed by atoms with Gasteiger partial charge in [0.15, 0.2) is 0 Å². The van der Waals surface area contributed by atoms with Crippen molar-refractivity contribution in [1.82, 2.24) is 15.3 Å². The van der Waals surface area contributed by atoms with E-state index < -0.39 is 6.10 Å². The maximum absolute atomic E-state index is 10.4. The first-order chi connectivity index (χ1) is 16.4. The highest BCUT2D eigenvalue weighted by Gasteiger charge is 2.20. The number of nitrogens with zero attached hydrogens (tertiary/aromatic N) is 2. The van der Waals surface area contributed by atoms with Gasteiger partial charge >= 0.3 is 0 Å². The van der Waals surface area contributed by atoms with Crippen LogP contribution in [0.4, 0.5) is 5.69 Å². The van der Waals surface area contributed by atoms with Gasteiger partial charge < -0.3 is 24.9 Å². The van der Waals surface area contributed by atoms with Crippen LogP contribution in [0.15, 0.2) is 73.1 Å². The first-order valence-electron chi connectivity index (χ1n) is 11.1. The number of benzene rings is 2. The molecule has 2 heterocycles. The third kappa shape index (κ3) is 5.93. The largest absolute Gasteiger partial charge is 0.490 e. The van der Waals surface area contributed by atoms with Crippen molar-refractivity contribution in [3.63, 3.8) is 0 Å². The Hall–Kier alpha value is -3.86. The monoisotopic (exact) mass is 456 g/mol. The molecule has 2 aromatic heterocycles. The van der Waals surface area contributed by atoms with E-state index in [-0.39, 0.29) is 12.1 Å². The van der Waals surface area contributed by atoms with Gasteiger partial charge in [0.2, 0.25) is 11.6 Å². The van der Waals surface area contributed by atoms with Crippen LogP contribution in [-0.4, -0.2) is 39.9 Å². The summed E-state index contributed by atoms with van der Waals surface area (Å²) in [5.74, 6) is 1.69. The number of ether oxygens (including phenoxy) is 2. The molecule has 0 aliphatic heterocycles. The number of β-amino-alcohol motifs (C(OH)–C–C–N with tert-alkyl or cyclic N) is 1. The minimum atomic E-state index is -0.640. The van der Waals surface area contributed by atoms with Crippen molar-refractivity contribution in [2.45, 2.75) is 31.9 Å². The third-order valence-corrected chi connectivity index (χ3v) is 5.46. The van der Waals surface area contributed by atoms with Gasteiger partial charge in [0.25, 0.3) is 0 Å². The lowest BCUT2D eigenvalue weighted by Crippen LogP contribution is -2.46. The Morgan fingerprint density at radius 3 is 2.74 bits per heavy atom. The summed E-state index contributed by atoms with van der Waals surface area (Å²) in [7, 11) is 0. The predicted octanol–water partition coefficient (Wildman–Crippen LogP) is 5.26. The van der Waals surface area contributed by atoms with Crippen molar-refractivity contribution >= 4 is 16.6 Å². The zero-order valence-corrected chi connectivity index (χ0v) is 19.3. The molecule has 3 N–H and O–H groups in total. The van der Waals surface area contributed by atoms with Crippen molar-refractivity contribution < 1.29 is 14.6 Å². The zero-order chi connectivity index (χ0) is 24.0. The zero-order valence-electron chi connectivity index (χ0n) is 19.3. The smallest absolute Gasteiger partial charge is 0.247 e. The van der Waals surface area contributed by atoms with Crippen molar-refractivity contribution in [2.24, 2.45) is 0 Å². The van der Waals surface area contributed by atoms with Gasteiger partial charge in [-0.15, -0.1) is 0 Å². The number of H-pyrrole nitrogens is 1. The lowest BCUT2D eigenvalue weighted by molar-refractivity contribution is 0.0996. The molecule has 0 spiro atoms. The van der Waals surface area contributed by atoms with Crippen LogP contribution in [0.1, 0.15) is 19.4 Å². The molecular formula is C27H28N4O3. The van der Waals surface area contributed by atoms with Crippen LogP contribution in [0.5, 0.6) is 17.4 Å². The predicted molar refractivity (Wildman–Crippen MR) is 133 cm³/mol. The quantitative estimate of drug-likeness (QED) is 0.284. The number of fused-ring (bicyclic) bond motifs is 1. The minimum Gasteiger partial charge on any atom is -0.490 e. The van der Waals surface area contributed by atoms with Crippen molar-refractivity contribution in [3.8, 4) is 17.4 Å². The summed E-state index contributed by atoms with van der Waals surface area (Å²) in [6.45, 7) is 12.0. The normalized spacial score (nSPS) is 12.3. The van der Waals surface area contributed by atoms with Crippen LogP contribution >= 0.6 is 0 Å². The van der Waals surface area contributed by atoms with Crippen LogP contribution in [0.2, 0.25) is 0 Å². The molecule has 2 aromatic carbocycles. The minimum absolute atomic E-state index is 0.208. The Morgan fingerprint density at radius 1 is 1.12 bits per heavy atom. The molecule has 0 radical (unpaired) electrons. The second kappa shape index (κ2) is 10.4. The lowest BCUT2D eigenvalue weighted by atomic mass is 9.94. The van der Waals surface area contributed by atoms with E-state index >= 15 is 0 Å². The Bertz CT molecular complexity index is 1280. The molecule has 0 bridgehead atoms. The molecule has 0 aliphatic carbocycles. The highest BCUT2D eigenvalue weighted by atomic mass is 16.5. The molecule has 0 fully saturated rings. The number of hydrogen-bond acceptors (Lipinski definition) is 5. The molecule has 0 saturated heterocycles. The van der Waals surface area contributed by atoms with Crippen LogP contribution < -0.4 is 14.8 Å². The Morgan fingerprint density at radius 2 is 1.94 bits per heavy atom. The van der Waals surface area contributed by atoms with E-state index in [2.05, 4.69) is 34.0 Å². The molecule has 4 aromatic rings. The van der Waals surface area contributed by atoms with Crippen LogP contribution in [-0.2, 0) is 6.42 Å². The van der Waals surface area contributed by atoms with Gasteiger partial charge in [-0.05, 0) is 62.2 Å². The highest BCUT2D eigenvalue weighted by Crippen LogP contribution is 2.29. The molecule has 7 heteroatoms. The summed E-state index contributed by atoms with van der Waals surface area (Å²) in [5, 5.41) is 14.9. The summed E-state index contributed by atoms with van der Waals surface area (Å²) in [4.78, 5) is 10.7. The molecule has 0 saturated carbocycles. The third-order valence-electron chi connectivity index (χ3n) is 5.46. The summed E-state index contributed by atoms with van der Waals surface area (Å²) >= 11 is 0. The van der Waals surface area contributed by atoms with Gasteiger partial charge in [-0.1, -0.05) is 24.3 Å². The first kappa shape index (κ1) is 23.3. The molecule has 0 unspecified atom stereocenters.